The lowest BCUT2D eigenvalue weighted by Gasteiger charge is -2.00. The van der Waals surface area contributed by atoms with Crippen molar-refractivity contribution in [2.45, 2.75) is 6.42 Å². The van der Waals surface area contributed by atoms with E-state index in [2.05, 4.69) is 4.98 Å². The number of thiazole rings is 1. The third-order valence-corrected chi connectivity index (χ3v) is 3.16. The van der Waals surface area contributed by atoms with E-state index < -0.39 is 0 Å². The molecular formula is C11H10Cl2FNS. The Morgan fingerprint density at radius 1 is 1.25 bits per heavy atom. The molecule has 0 amide bonds. The maximum absolute atomic E-state index is 12.7. The van der Waals surface area contributed by atoms with Crippen molar-refractivity contribution < 1.29 is 4.39 Å². The second-order valence-corrected chi connectivity index (χ2v) is 4.39. The third-order valence-electron chi connectivity index (χ3n) is 2.08. The van der Waals surface area contributed by atoms with Crippen LogP contribution in [0.5, 0.6) is 0 Å². The van der Waals surface area contributed by atoms with Crippen LogP contribution in [0.1, 0.15) is 4.88 Å². The van der Waals surface area contributed by atoms with Gasteiger partial charge in [0, 0.05) is 16.3 Å². The van der Waals surface area contributed by atoms with Crippen LogP contribution in [-0.4, -0.2) is 10.9 Å². The Labute approximate surface area is 109 Å². The van der Waals surface area contributed by atoms with Gasteiger partial charge in [0.2, 0.25) is 0 Å². The Kier molecular flexibility index (Phi) is 5.19. The minimum Gasteiger partial charge on any atom is -0.244 e. The van der Waals surface area contributed by atoms with E-state index in [4.69, 9.17) is 11.6 Å². The Morgan fingerprint density at radius 2 is 1.94 bits per heavy atom. The van der Waals surface area contributed by atoms with Crippen molar-refractivity contribution in [1.29, 1.82) is 0 Å². The maximum Gasteiger partial charge on any atom is 0.123 e. The van der Waals surface area contributed by atoms with E-state index in [1.54, 1.807) is 29.0 Å². The van der Waals surface area contributed by atoms with E-state index in [-0.39, 0.29) is 18.2 Å². The first-order valence-electron chi connectivity index (χ1n) is 4.55. The van der Waals surface area contributed by atoms with Crippen LogP contribution < -0.4 is 0 Å². The van der Waals surface area contributed by atoms with Gasteiger partial charge in [0.1, 0.15) is 5.82 Å². The van der Waals surface area contributed by atoms with Gasteiger partial charge >= 0.3 is 0 Å². The highest BCUT2D eigenvalue weighted by molar-refractivity contribution is 7.10. The van der Waals surface area contributed by atoms with Crippen molar-refractivity contribution in [3.8, 4) is 11.3 Å². The standard InChI is InChI=1S/C11H9ClFNS.ClH/c12-6-5-10-11(14-7-15-10)8-1-3-9(13)4-2-8;/h1-4,7H,5-6H2;1H. The zero-order chi connectivity index (χ0) is 10.7. The topological polar surface area (TPSA) is 12.9 Å². The van der Waals surface area contributed by atoms with Gasteiger partial charge in [0.05, 0.1) is 11.2 Å². The Hall–Kier alpha value is -0.640. The Bertz CT molecular complexity index is 442. The number of aryl methyl sites for hydroxylation is 1. The predicted octanol–water partition coefficient (Wildman–Crippen LogP) is 4.15. The van der Waals surface area contributed by atoms with E-state index in [0.717, 1.165) is 22.6 Å². The monoisotopic (exact) mass is 277 g/mol. The van der Waals surface area contributed by atoms with Crippen molar-refractivity contribution in [1.82, 2.24) is 4.98 Å². The Morgan fingerprint density at radius 3 is 2.56 bits per heavy atom. The first kappa shape index (κ1) is 13.4. The van der Waals surface area contributed by atoms with Crippen LogP contribution in [0, 0.1) is 5.82 Å². The summed E-state index contributed by atoms with van der Waals surface area (Å²) in [6.45, 7) is 0. The quantitative estimate of drug-likeness (QED) is 0.768. The van der Waals surface area contributed by atoms with Gasteiger partial charge in [-0.25, -0.2) is 9.37 Å². The second-order valence-electron chi connectivity index (χ2n) is 3.07. The summed E-state index contributed by atoms with van der Waals surface area (Å²) in [7, 11) is 0. The summed E-state index contributed by atoms with van der Waals surface area (Å²) < 4.78 is 12.7. The molecule has 1 aromatic carbocycles. The van der Waals surface area contributed by atoms with E-state index in [9.17, 15) is 4.39 Å². The highest BCUT2D eigenvalue weighted by atomic mass is 35.5. The first-order chi connectivity index (χ1) is 7.31. The summed E-state index contributed by atoms with van der Waals surface area (Å²) in [5.74, 6) is 0.351. The van der Waals surface area contributed by atoms with Crippen LogP contribution >= 0.6 is 35.3 Å². The smallest absolute Gasteiger partial charge is 0.123 e. The molecule has 0 fully saturated rings. The molecule has 0 atom stereocenters. The second kappa shape index (κ2) is 6.18. The van der Waals surface area contributed by atoms with E-state index in [1.807, 2.05) is 0 Å². The zero-order valence-corrected chi connectivity index (χ0v) is 10.7. The molecule has 86 valence electrons. The fourth-order valence-electron chi connectivity index (χ4n) is 1.38. The average Bonchev–Trinajstić information content (AvgIpc) is 2.68. The predicted molar refractivity (Wildman–Crippen MR) is 69.2 cm³/mol. The van der Waals surface area contributed by atoms with Crippen LogP contribution in [0.4, 0.5) is 4.39 Å². The van der Waals surface area contributed by atoms with Crippen LogP contribution in [0.15, 0.2) is 29.8 Å². The molecule has 0 aliphatic rings. The van der Waals surface area contributed by atoms with Crippen LogP contribution in [-0.2, 0) is 6.42 Å². The number of rotatable bonds is 3. The first-order valence-corrected chi connectivity index (χ1v) is 5.97. The van der Waals surface area contributed by atoms with Gasteiger partial charge in [0.25, 0.3) is 0 Å². The van der Waals surface area contributed by atoms with Crippen LogP contribution in [0.25, 0.3) is 11.3 Å². The summed E-state index contributed by atoms with van der Waals surface area (Å²) in [5.41, 5.74) is 3.65. The van der Waals surface area contributed by atoms with Crippen molar-refractivity contribution in [3.05, 3.63) is 40.5 Å². The number of aromatic nitrogens is 1. The summed E-state index contributed by atoms with van der Waals surface area (Å²) in [4.78, 5) is 5.42. The molecule has 1 aromatic heterocycles. The number of hydrogen-bond acceptors (Lipinski definition) is 2. The molecule has 0 spiro atoms. The normalized spacial score (nSPS) is 9.88. The zero-order valence-electron chi connectivity index (χ0n) is 8.32. The lowest BCUT2D eigenvalue weighted by molar-refractivity contribution is 0.628. The van der Waals surface area contributed by atoms with Gasteiger partial charge < -0.3 is 0 Å². The number of hydrogen-bond donors (Lipinski definition) is 0. The highest BCUT2D eigenvalue weighted by Crippen LogP contribution is 2.26. The van der Waals surface area contributed by atoms with Gasteiger partial charge in [-0.05, 0) is 30.7 Å². The van der Waals surface area contributed by atoms with Crippen LogP contribution in [0.3, 0.4) is 0 Å². The summed E-state index contributed by atoms with van der Waals surface area (Å²) in [6.07, 6.45) is 0.804. The third kappa shape index (κ3) is 2.94. The van der Waals surface area contributed by atoms with Crippen molar-refractivity contribution in [2.24, 2.45) is 0 Å². The fourth-order valence-corrected chi connectivity index (χ4v) is 2.47. The summed E-state index contributed by atoms with van der Waals surface area (Å²) in [5, 5.41) is 0. The molecule has 0 aliphatic heterocycles. The SMILES string of the molecule is Cl.Fc1ccc(-c2ncsc2CCCl)cc1. The maximum atomic E-state index is 12.7. The Balaban J connectivity index is 0.00000128. The van der Waals surface area contributed by atoms with Gasteiger partial charge in [0.15, 0.2) is 0 Å². The largest absolute Gasteiger partial charge is 0.244 e. The molecule has 2 aromatic rings. The molecule has 0 saturated carbocycles. The van der Waals surface area contributed by atoms with Crippen molar-refractivity contribution in [3.63, 3.8) is 0 Å². The average molecular weight is 278 g/mol. The molecule has 1 heterocycles. The van der Waals surface area contributed by atoms with Gasteiger partial charge in [-0.15, -0.1) is 35.3 Å². The van der Waals surface area contributed by atoms with E-state index in [1.165, 1.54) is 12.1 Å². The number of halogens is 3. The molecule has 2 rings (SSSR count). The summed E-state index contributed by atoms with van der Waals surface area (Å²) >= 11 is 7.28. The van der Waals surface area contributed by atoms with Crippen molar-refractivity contribution in [2.75, 3.05) is 5.88 Å². The number of alkyl halides is 1. The van der Waals surface area contributed by atoms with Gasteiger partial charge in [-0.1, -0.05) is 0 Å². The molecule has 0 radical (unpaired) electrons. The lowest BCUT2D eigenvalue weighted by atomic mass is 10.1. The van der Waals surface area contributed by atoms with Crippen molar-refractivity contribution >= 4 is 35.3 Å². The minimum atomic E-state index is -0.229. The molecule has 1 nitrogen and oxygen atoms in total. The van der Waals surface area contributed by atoms with E-state index >= 15 is 0 Å². The highest BCUT2D eigenvalue weighted by Gasteiger charge is 2.07. The van der Waals surface area contributed by atoms with Gasteiger partial charge in [-0.2, -0.15) is 0 Å². The molecule has 0 N–H and O–H groups in total. The molecule has 0 bridgehead atoms. The fraction of sp³-hybridized carbons (Fsp3) is 0.182. The van der Waals surface area contributed by atoms with E-state index in [0.29, 0.717) is 5.88 Å². The molecule has 0 saturated heterocycles. The van der Waals surface area contributed by atoms with Gasteiger partial charge in [-0.3, -0.25) is 0 Å². The molecular weight excluding hydrogens is 268 g/mol. The van der Waals surface area contributed by atoms with Crippen LogP contribution in [0.2, 0.25) is 0 Å². The minimum absolute atomic E-state index is 0. The molecule has 5 heteroatoms. The molecule has 0 unspecified atom stereocenters. The summed E-state index contributed by atoms with van der Waals surface area (Å²) in [6, 6.07) is 6.36. The number of benzene rings is 1. The molecule has 16 heavy (non-hydrogen) atoms. The number of nitrogens with zero attached hydrogens (tertiary/aromatic N) is 1. The lowest BCUT2D eigenvalue weighted by Crippen LogP contribution is -1.87. The molecule has 0 aliphatic carbocycles.